The van der Waals surface area contributed by atoms with Gasteiger partial charge < -0.3 is 23.7 Å². The van der Waals surface area contributed by atoms with Gasteiger partial charge in [-0.15, -0.1) is 0 Å². The number of halogens is 1. The van der Waals surface area contributed by atoms with Crippen molar-refractivity contribution in [2.45, 2.75) is 11.8 Å². The zero-order valence-corrected chi connectivity index (χ0v) is 19.8. The van der Waals surface area contributed by atoms with Gasteiger partial charge in [0.1, 0.15) is 0 Å². The van der Waals surface area contributed by atoms with Crippen molar-refractivity contribution in [3.63, 3.8) is 0 Å². The Morgan fingerprint density at radius 1 is 0.655 bits per heavy atom. The quantitative estimate of drug-likeness (QED) is 0.113. The van der Waals surface area contributed by atoms with Crippen LogP contribution in [0.5, 0.6) is 0 Å². The fraction of sp³-hybridized carbons (Fsp3) is 0.684. The van der Waals surface area contributed by atoms with E-state index in [1.54, 1.807) is 12.1 Å². The zero-order valence-electron chi connectivity index (χ0n) is 16.8. The van der Waals surface area contributed by atoms with Crippen LogP contribution in [0.4, 0.5) is 0 Å². The molecule has 1 rings (SSSR count). The third-order valence-corrected chi connectivity index (χ3v) is 5.25. The summed E-state index contributed by atoms with van der Waals surface area (Å²) in [6.45, 7) is 6.69. The van der Waals surface area contributed by atoms with Crippen LogP contribution >= 0.6 is 22.6 Å². The minimum absolute atomic E-state index is 0.0393. The summed E-state index contributed by atoms with van der Waals surface area (Å²) in [5.41, 5.74) is 0.985. The Bertz CT molecular complexity index is 609. The maximum absolute atomic E-state index is 12.0. The van der Waals surface area contributed by atoms with Gasteiger partial charge in [-0.2, -0.15) is 8.42 Å². The summed E-state index contributed by atoms with van der Waals surface area (Å²) in [5, 5.41) is 0. The normalized spacial score (nSPS) is 11.8. The molecule has 0 aliphatic carbocycles. The molecule has 1 aromatic carbocycles. The molecule has 10 heteroatoms. The number of alkyl halides is 1. The predicted molar refractivity (Wildman–Crippen MR) is 117 cm³/mol. The van der Waals surface area contributed by atoms with Crippen LogP contribution in [0, 0.1) is 6.92 Å². The summed E-state index contributed by atoms with van der Waals surface area (Å²) in [6.07, 6.45) is 0. The number of hydrogen-bond acceptors (Lipinski definition) is 8. The van der Waals surface area contributed by atoms with E-state index in [1.807, 2.05) is 6.92 Å². The molecule has 0 unspecified atom stereocenters. The highest BCUT2D eigenvalue weighted by Crippen LogP contribution is 2.12. The van der Waals surface area contributed by atoms with Gasteiger partial charge in [-0.1, -0.05) is 40.3 Å². The molecule has 0 aliphatic heterocycles. The van der Waals surface area contributed by atoms with Gasteiger partial charge in [-0.05, 0) is 19.1 Å². The van der Waals surface area contributed by atoms with Gasteiger partial charge in [0, 0.05) is 4.43 Å². The smallest absolute Gasteiger partial charge is 0.297 e. The third kappa shape index (κ3) is 14.3. The lowest BCUT2D eigenvalue weighted by atomic mass is 10.2. The Hall–Kier alpha value is -0.340. The second-order valence-electron chi connectivity index (χ2n) is 5.84. The lowest BCUT2D eigenvalue weighted by Gasteiger charge is -2.08. The number of benzene rings is 1. The highest BCUT2D eigenvalue weighted by atomic mass is 127. The largest absolute Gasteiger partial charge is 0.378 e. The van der Waals surface area contributed by atoms with Gasteiger partial charge in [0.25, 0.3) is 10.1 Å². The molecule has 0 heterocycles. The topological polar surface area (TPSA) is 89.5 Å². The van der Waals surface area contributed by atoms with Crippen molar-refractivity contribution in [3.05, 3.63) is 29.8 Å². The first-order valence-electron chi connectivity index (χ1n) is 9.47. The standard InChI is InChI=1S/C19H31IO8S/c1-18-2-4-19(5-3-18)29(21,22)28-17-16-27-15-14-26-13-12-25-11-10-24-9-8-23-7-6-20/h2-5H,6-17H2,1H3. The molecule has 0 N–H and O–H groups in total. The van der Waals surface area contributed by atoms with Gasteiger partial charge in [0.05, 0.1) is 77.6 Å². The van der Waals surface area contributed by atoms with Gasteiger partial charge >= 0.3 is 0 Å². The molecule has 0 atom stereocenters. The first kappa shape index (κ1) is 26.7. The van der Waals surface area contributed by atoms with Gasteiger partial charge in [0.2, 0.25) is 0 Å². The molecule has 8 nitrogen and oxygen atoms in total. The number of hydrogen-bond donors (Lipinski definition) is 0. The molecule has 0 bridgehead atoms. The van der Waals surface area contributed by atoms with E-state index < -0.39 is 10.1 Å². The minimum Gasteiger partial charge on any atom is -0.378 e. The summed E-state index contributed by atoms with van der Waals surface area (Å²) >= 11 is 2.26. The summed E-state index contributed by atoms with van der Waals surface area (Å²) in [4.78, 5) is 0.140. The van der Waals surface area contributed by atoms with E-state index in [-0.39, 0.29) is 18.1 Å². The van der Waals surface area contributed by atoms with E-state index in [2.05, 4.69) is 22.6 Å². The number of aryl methyl sites for hydroxylation is 1. The summed E-state index contributed by atoms with van der Waals surface area (Å²) in [5.74, 6) is 0. The highest BCUT2D eigenvalue weighted by molar-refractivity contribution is 14.1. The lowest BCUT2D eigenvalue weighted by Crippen LogP contribution is -2.15. The molecule has 0 radical (unpaired) electrons. The Kier molecular flexibility index (Phi) is 16.0. The van der Waals surface area contributed by atoms with Crippen molar-refractivity contribution >= 4 is 32.7 Å². The molecule has 0 saturated carbocycles. The van der Waals surface area contributed by atoms with Crippen LogP contribution in [0.1, 0.15) is 5.56 Å². The first-order valence-corrected chi connectivity index (χ1v) is 12.4. The fourth-order valence-corrected chi connectivity index (χ4v) is 3.22. The molecule has 0 aliphatic rings. The Morgan fingerprint density at radius 3 is 1.45 bits per heavy atom. The van der Waals surface area contributed by atoms with Crippen molar-refractivity contribution in [1.29, 1.82) is 0 Å². The SMILES string of the molecule is Cc1ccc(S(=O)(=O)OCCOCCOCCOCCOCCOCCI)cc1. The van der Waals surface area contributed by atoms with Gasteiger partial charge in [-0.3, -0.25) is 4.18 Å². The van der Waals surface area contributed by atoms with E-state index in [0.717, 1.165) is 16.6 Å². The maximum Gasteiger partial charge on any atom is 0.297 e. The van der Waals surface area contributed by atoms with Crippen molar-refractivity contribution in [2.75, 3.05) is 77.1 Å². The average Bonchev–Trinajstić information content (AvgIpc) is 2.70. The molecule has 0 fully saturated rings. The minimum atomic E-state index is -3.74. The Labute approximate surface area is 187 Å². The fourth-order valence-electron chi connectivity index (χ4n) is 2.01. The van der Waals surface area contributed by atoms with Crippen LogP contribution in [0.25, 0.3) is 0 Å². The Morgan fingerprint density at radius 2 is 1.03 bits per heavy atom. The van der Waals surface area contributed by atoms with E-state index in [4.69, 9.17) is 27.9 Å². The molecule has 0 aromatic heterocycles. The summed E-state index contributed by atoms with van der Waals surface area (Å²) in [7, 11) is -3.74. The molecule has 168 valence electrons. The lowest BCUT2D eigenvalue weighted by molar-refractivity contribution is -0.0116. The maximum atomic E-state index is 12.0. The van der Waals surface area contributed by atoms with E-state index in [9.17, 15) is 8.42 Å². The van der Waals surface area contributed by atoms with E-state index >= 15 is 0 Å². The number of ether oxygens (including phenoxy) is 5. The third-order valence-electron chi connectivity index (χ3n) is 3.49. The van der Waals surface area contributed by atoms with Crippen molar-refractivity contribution in [2.24, 2.45) is 0 Å². The predicted octanol–water partition coefficient (Wildman–Crippen LogP) is 2.22. The Balaban J connectivity index is 1.86. The monoisotopic (exact) mass is 546 g/mol. The van der Waals surface area contributed by atoms with Crippen LogP contribution < -0.4 is 0 Å². The summed E-state index contributed by atoms with van der Waals surface area (Å²) < 4.78 is 56.5. The highest BCUT2D eigenvalue weighted by Gasteiger charge is 2.14. The van der Waals surface area contributed by atoms with Crippen LogP contribution in [0.15, 0.2) is 29.2 Å². The average molecular weight is 546 g/mol. The zero-order chi connectivity index (χ0) is 21.2. The van der Waals surface area contributed by atoms with E-state index in [1.165, 1.54) is 12.1 Å². The molecule has 29 heavy (non-hydrogen) atoms. The van der Waals surface area contributed by atoms with Gasteiger partial charge in [-0.25, -0.2) is 0 Å². The molecular weight excluding hydrogens is 515 g/mol. The summed E-state index contributed by atoms with van der Waals surface area (Å²) in [6, 6.07) is 6.50. The van der Waals surface area contributed by atoms with Crippen LogP contribution in [-0.4, -0.2) is 85.5 Å². The van der Waals surface area contributed by atoms with Crippen LogP contribution in [0.2, 0.25) is 0 Å². The molecule has 0 spiro atoms. The number of rotatable bonds is 19. The van der Waals surface area contributed by atoms with Crippen molar-refractivity contribution in [1.82, 2.24) is 0 Å². The van der Waals surface area contributed by atoms with E-state index in [0.29, 0.717) is 52.9 Å². The van der Waals surface area contributed by atoms with Gasteiger partial charge in [0.15, 0.2) is 0 Å². The molecule has 1 aromatic rings. The first-order chi connectivity index (χ1) is 14.1. The molecular formula is C19H31IO8S. The second-order valence-corrected chi connectivity index (χ2v) is 8.53. The van der Waals surface area contributed by atoms with Crippen molar-refractivity contribution in [3.8, 4) is 0 Å². The van der Waals surface area contributed by atoms with Crippen molar-refractivity contribution < 1.29 is 36.3 Å². The molecule has 0 amide bonds. The van der Waals surface area contributed by atoms with Crippen LogP contribution in [-0.2, 0) is 38.0 Å². The second kappa shape index (κ2) is 17.4. The van der Waals surface area contributed by atoms with Crippen LogP contribution in [0.3, 0.4) is 0 Å². The molecule has 0 saturated heterocycles.